The minimum Gasteiger partial charge on any atom is -0.494 e. The monoisotopic (exact) mass is 419 g/mol. The normalized spacial score (nSPS) is 11.7. The summed E-state index contributed by atoms with van der Waals surface area (Å²) >= 11 is 0. The first kappa shape index (κ1) is 20.6. The highest BCUT2D eigenvalue weighted by Gasteiger charge is 2.15. The molecule has 0 fully saturated rings. The van der Waals surface area contributed by atoms with E-state index in [0.717, 1.165) is 29.9 Å². The zero-order valence-electron chi connectivity index (χ0n) is 17.2. The molecule has 0 spiro atoms. The van der Waals surface area contributed by atoms with Crippen LogP contribution >= 0.6 is 0 Å². The Balaban J connectivity index is 1.11. The van der Waals surface area contributed by atoms with Crippen molar-refractivity contribution in [3.63, 3.8) is 0 Å². The zero-order chi connectivity index (χ0) is 21.3. The Hall–Kier alpha value is -3.67. The molecule has 6 heteroatoms. The van der Waals surface area contributed by atoms with Crippen molar-refractivity contribution >= 4 is 5.91 Å². The van der Waals surface area contributed by atoms with E-state index in [2.05, 4.69) is 5.32 Å². The maximum atomic E-state index is 12.2. The second-order valence-electron chi connectivity index (χ2n) is 7.13. The summed E-state index contributed by atoms with van der Waals surface area (Å²) in [4.78, 5) is 12.2. The van der Waals surface area contributed by atoms with Gasteiger partial charge in [0.25, 0.3) is 5.91 Å². The molecule has 6 nitrogen and oxygen atoms in total. The lowest BCUT2D eigenvalue weighted by Gasteiger charge is -2.09. The van der Waals surface area contributed by atoms with Gasteiger partial charge in [0.05, 0.1) is 6.61 Å². The summed E-state index contributed by atoms with van der Waals surface area (Å²) in [6.07, 6.45) is 1.67. The lowest BCUT2D eigenvalue weighted by atomic mass is 10.2. The average Bonchev–Trinajstić information content (AvgIpc) is 3.29. The van der Waals surface area contributed by atoms with Crippen LogP contribution in [0.4, 0.5) is 0 Å². The highest BCUT2D eigenvalue weighted by Crippen LogP contribution is 2.32. The molecule has 0 aromatic heterocycles. The Kier molecular flexibility index (Phi) is 6.90. The molecule has 0 radical (unpaired) electrons. The van der Waals surface area contributed by atoms with Gasteiger partial charge in [0.15, 0.2) is 11.5 Å². The molecule has 3 aromatic rings. The highest BCUT2D eigenvalue weighted by atomic mass is 16.7. The first-order chi connectivity index (χ1) is 15.3. The van der Waals surface area contributed by atoms with Crippen molar-refractivity contribution in [2.75, 3.05) is 19.9 Å². The van der Waals surface area contributed by atoms with Crippen molar-refractivity contribution in [1.29, 1.82) is 0 Å². The number of benzene rings is 3. The third kappa shape index (κ3) is 5.92. The molecule has 3 aromatic carbocycles. The lowest BCUT2D eigenvalue weighted by molar-refractivity contribution is 0.0952. The highest BCUT2D eigenvalue weighted by molar-refractivity contribution is 5.94. The second kappa shape index (κ2) is 10.4. The van der Waals surface area contributed by atoms with Crippen LogP contribution in [0.25, 0.3) is 0 Å². The van der Waals surface area contributed by atoms with Gasteiger partial charge in [-0.05, 0) is 60.9 Å². The third-order valence-corrected chi connectivity index (χ3v) is 4.83. The molecule has 4 rings (SSSR count). The number of hydrogen-bond donors (Lipinski definition) is 1. The quantitative estimate of drug-likeness (QED) is 0.487. The third-order valence-electron chi connectivity index (χ3n) is 4.83. The van der Waals surface area contributed by atoms with E-state index in [0.29, 0.717) is 36.8 Å². The molecule has 0 saturated heterocycles. The summed E-state index contributed by atoms with van der Waals surface area (Å²) in [5.74, 6) is 2.77. The van der Waals surface area contributed by atoms with Gasteiger partial charge in [-0.2, -0.15) is 0 Å². The molecule has 1 aliphatic heterocycles. The standard InChI is InChI=1S/C25H25NO5/c27-25(20-8-13-23-24(16-20)31-18-30-23)26-14-4-5-15-28-21-9-11-22(12-10-21)29-17-19-6-2-1-3-7-19/h1-3,6-13,16H,4-5,14-15,17-18H2,(H,26,27). The van der Waals surface area contributed by atoms with Gasteiger partial charge >= 0.3 is 0 Å². The van der Waals surface area contributed by atoms with Crippen molar-refractivity contribution in [2.45, 2.75) is 19.4 Å². The predicted molar refractivity (Wildman–Crippen MR) is 117 cm³/mol. The van der Waals surface area contributed by atoms with Crippen LogP contribution in [0.15, 0.2) is 72.8 Å². The predicted octanol–water partition coefficient (Wildman–Crippen LogP) is 4.58. The van der Waals surface area contributed by atoms with Gasteiger partial charge in [0.2, 0.25) is 6.79 Å². The number of unbranched alkanes of at least 4 members (excludes halogenated alkanes) is 1. The summed E-state index contributed by atoms with van der Waals surface area (Å²) in [5.41, 5.74) is 1.70. The van der Waals surface area contributed by atoms with Crippen molar-refractivity contribution in [2.24, 2.45) is 0 Å². The molecule has 1 heterocycles. The van der Waals surface area contributed by atoms with Gasteiger partial charge in [-0.25, -0.2) is 0 Å². The van der Waals surface area contributed by atoms with E-state index in [1.54, 1.807) is 18.2 Å². The number of carbonyl (C=O) groups excluding carboxylic acids is 1. The van der Waals surface area contributed by atoms with Crippen LogP contribution < -0.4 is 24.3 Å². The van der Waals surface area contributed by atoms with Crippen molar-refractivity contribution in [3.8, 4) is 23.0 Å². The van der Waals surface area contributed by atoms with Crippen LogP contribution in [-0.2, 0) is 6.61 Å². The maximum Gasteiger partial charge on any atom is 0.251 e. The minimum atomic E-state index is -0.120. The van der Waals surface area contributed by atoms with Crippen LogP contribution in [0, 0.1) is 0 Å². The number of fused-ring (bicyclic) bond motifs is 1. The summed E-state index contributed by atoms with van der Waals surface area (Å²) in [7, 11) is 0. The lowest BCUT2D eigenvalue weighted by Crippen LogP contribution is -2.24. The summed E-state index contributed by atoms with van der Waals surface area (Å²) < 4.78 is 22.1. The van der Waals surface area contributed by atoms with Crippen LogP contribution in [0.1, 0.15) is 28.8 Å². The number of rotatable bonds is 10. The number of nitrogens with one attached hydrogen (secondary N) is 1. The fraction of sp³-hybridized carbons (Fsp3) is 0.240. The van der Waals surface area contributed by atoms with Crippen molar-refractivity contribution < 1.29 is 23.7 Å². The topological polar surface area (TPSA) is 66.0 Å². The SMILES string of the molecule is O=C(NCCCCOc1ccc(OCc2ccccc2)cc1)c1ccc2c(c1)OCO2. The zero-order valence-corrected chi connectivity index (χ0v) is 17.2. The molecule has 1 aliphatic rings. The van der Waals surface area contributed by atoms with Crippen LogP contribution in [0.2, 0.25) is 0 Å². The molecular formula is C25H25NO5. The molecule has 0 aliphatic carbocycles. The number of amides is 1. The van der Waals surface area contributed by atoms with Gasteiger partial charge in [0.1, 0.15) is 18.1 Å². The Labute approximate surface area is 181 Å². The average molecular weight is 419 g/mol. The Morgan fingerprint density at radius 3 is 2.39 bits per heavy atom. The fourth-order valence-corrected chi connectivity index (χ4v) is 3.13. The summed E-state index contributed by atoms with van der Waals surface area (Å²) in [5, 5.41) is 2.92. The van der Waals surface area contributed by atoms with Gasteiger partial charge in [-0.3, -0.25) is 4.79 Å². The van der Waals surface area contributed by atoms with Crippen molar-refractivity contribution in [1.82, 2.24) is 5.32 Å². The van der Waals surface area contributed by atoms with Crippen LogP contribution in [-0.4, -0.2) is 25.9 Å². The Morgan fingerprint density at radius 1 is 0.839 bits per heavy atom. The Bertz CT molecular complexity index is 989. The largest absolute Gasteiger partial charge is 0.494 e. The molecule has 0 bridgehead atoms. The van der Waals surface area contributed by atoms with Crippen molar-refractivity contribution in [3.05, 3.63) is 83.9 Å². The molecule has 0 atom stereocenters. The minimum absolute atomic E-state index is 0.120. The first-order valence-electron chi connectivity index (χ1n) is 10.4. The van der Waals surface area contributed by atoms with E-state index in [1.165, 1.54) is 0 Å². The van der Waals surface area contributed by atoms with Gasteiger partial charge in [-0.1, -0.05) is 30.3 Å². The van der Waals surface area contributed by atoms with E-state index in [4.69, 9.17) is 18.9 Å². The van der Waals surface area contributed by atoms with Gasteiger partial charge in [0, 0.05) is 12.1 Å². The van der Waals surface area contributed by atoms with Crippen LogP contribution in [0.3, 0.4) is 0 Å². The van der Waals surface area contributed by atoms with E-state index in [9.17, 15) is 4.79 Å². The maximum absolute atomic E-state index is 12.2. The molecule has 1 amide bonds. The van der Waals surface area contributed by atoms with E-state index in [-0.39, 0.29) is 12.7 Å². The first-order valence-corrected chi connectivity index (χ1v) is 10.4. The van der Waals surface area contributed by atoms with Gasteiger partial charge < -0.3 is 24.3 Å². The summed E-state index contributed by atoms with van der Waals surface area (Å²) in [6, 6.07) is 22.9. The molecule has 160 valence electrons. The number of hydrogen-bond acceptors (Lipinski definition) is 5. The van der Waals surface area contributed by atoms with E-state index >= 15 is 0 Å². The summed E-state index contributed by atoms with van der Waals surface area (Å²) in [6.45, 7) is 1.91. The number of ether oxygens (including phenoxy) is 4. The molecule has 0 saturated carbocycles. The molecule has 0 unspecified atom stereocenters. The van der Waals surface area contributed by atoms with Crippen LogP contribution in [0.5, 0.6) is 23.0 Å². The molecule has 1 N–H and O–H groups in total. The fourth-order valence-electron chi connectivity index (χ4n) is 3.13. The second-order valence-corrected chi connectivity index (χ2v) is 7.13. The Morgan fingerprint density at radius 2 is 1.58 bits per heavy atom. The molecular weight excluding hydrogens is 394 g/mol. The van der Waals surface area contributed by atoms with Gasteiger partial charge in [-0.15, -0.1) is 0 Å². The smallest absolute Gasteiger partial charge is 0.251 e. The van der Waals surface area contributed by atoms with E-state index < -0.39 is 0 Å². The van der Waals surface area contributed by atoms with E-state index in [1.807, 2.05) is 54.6 Å². The molecule has 31 heavy (non-hydrogen) atoms. The number of carbonyl (C=O) groups is 1.